The molecule has 3 aromatic rings. The zero-order valence-electron chi connectivity index (χ0n) is 22.9. The van der Waals surface area contributed by atoms with E-state index in [0.717, 1.165) is 36.5 Å². The Morgan fingerprint density at radius 3 is 1.98 bits per heavy atom. The van der Waals surface area contributed by atoms with Gasteiger partial charge in [0.2, 0.25) is 10.0 Å². The van der Waals surface area contributed by atoms with Gasteiger partial charge in [0, 0.05) is 25.3 Å². The standard InChI is InChI=1S/C30H31N3O6S.H3NO/c34-28-25-9-4-5-10-26(25)29(35)33(28)18-6-11-27(30(36)37)31-40(38,39)24-14-12-23(13-15-24)32-19-16-22(17-20-32)21-7-2-1-3-8-21;1-2/h1-5,7-10,12-15,22,27,31H,6,11,16-20H2,(H,36,37);2H,1H2/t27-;/m1./s1. The van der Waals surface area contributed by atoms with Crippen LogP contribution >= 0.6 is 0 Å². The zero-order chi connectivity index (χ0) is 30.3. The highest BCUT2D eigenvalue weighted by Crippen LogP contribution is 2.31. The molecule has 5 N–H and O–H groups in total. The lowest BCUT2D eigenvalue weighted by molar-refractivity contribution is -0.139. The van der Waals surface area contributed by atoms with Gasteiger partial charge in [0.15, 0.2) is 0 Å². The normalized spacial score (nSPS) is 16.0. The summed E-state index contributed by atoms with van der Waals surface area (Å²) in [4.78, 5) is 40.2. The monoisotopic (exact) mass is 594 g/mol. The molecule has 0 saturated carbocycles. The molecule has 1 atom stereocenters. The maximum atomic E-state index is 13.0. The van der Waals surface area contributed by atoms with Gasteiger partial charge < -0.3 is 15.2 Å². The maximum absolute atomic E-state index is 13.0. The molecule has 1 fully saturated rings. The van der Waals surface area contributed by atoms with Gasteiger partial charge in [0.1, 0.15) is 6.04 Å². The van der Waals surface area contributed by atoms with Crippen molar-refractivity contribution >= 4 is 33.5 Å². The fourth-order valence-corrected chi connectivity index (χ4v) is 6.64. The van der Waals surface area contributed by atoms with Crippen molar-refractivity contribution in [3.63, 3.8) is 0 Å². The predicted molar refractivity (Wildman–Crippen MR) is 156 cm³/mol. The van der Waals surface area contributed by atoms with Gasteiger partial charge in [0.05, 0.1) is 16.0 Å². The minimum absolute atomic E-state index is 0.00643. The number of piperidine rings is 1. The summed E-state index contributed by atoms with van der Waals surface area (Å²) >= 11 is 0. The van der Waals surface area contributed by atoms with Crippen molar-refractivity contribution in [2.75, 3.05) is 24.5 Å². The summed E-state index contributed by atoms with van der Waals surface area (Å²) in [5.41, 5.74) is 2.88. The summed E-state index contributed by atoms with van der Waals surface area (Å²) in [7, 11) is -4.11. The Morgan fingerprint density at radius 1 is 0.881 bits per heavy atom. The van der Waals surface area contributed by atoms with Crippen molar-refractivity contribution in [3.8, 4) is 0 Å². The second kappa shape index (κ2) is 13.7. The molecule has 12 heteroatoms. The van der Waals surface area contributed by atoms with Crippen LogP contribution in [0.15, 0.2) is 83.8 Å². The summed E-state index contributed by atoms with van der Waals surface area (Å²) in [6.07, 6.45) is 2.05. The highest BCUT2D eigenvalue weighted by Gasteiger charge is 2.35. The van der Waals surface area contributed by atoms with Crippen LogP contribution in [0.1, 0.15) is 57.9 Å². The molecule has 0 unspecified atom stereocenters. The van der Waals surface area contributed by atoms with Crippen LogP contribution in [0.25, 0.3) is 0 Å². The van der Waals surface area contributed by atoms with Gasteiger partial charge in [-0.15, -0.1) is 0 Å². The molecule has 2 amide bonds. The Bertz CT molecular complexity index is 1470. The van der Waals surface area contributed by atoms with Crippen molar-refractivity contribution in [2.45, 2.75) is 42.5 Å². The average molecular weight is 595 g/mol. The van der Waals surface area contributed by atoms with Crippen LogP contribution < -0.4 is 15.5 Å². The molecule has 0 radical (unpaired) electrons. The molecule has 2 heterocycles. The molecule has 2 aliphatic rings. The summed E-state index contributed by atoms with van der Waals surface area (Å²) in [5, 5.41) is 16.2. The van der Waals surface area contributed by atoms with Crippen molar-refractivity contribution < 1.29 is 33.1 Å². The number of nitrogens with one attached hydrogen (secondary N) is 1. The molecule has 3 aromatic carbocycles. The summed E-state index contributed by atoms with van der Waals surface area (Å²) < 4.78 is 28.3. The molecular weight excluding hydrogens is 560 g/mol. The van der Waals surface area contributed by atoms with Crippen LogP contribution in [-0.4, -0.2) is 67.1 Å². The van der Waals surface area contributed by atoms with E-state index in [1.807, 2.05) is 6.07 Å². The van der Waals surface area contributed by atoms with Gasteiger partial charge in [-0.3, -0.25) is 19.3 Å². The van der Waals surface area contributed by atoms with Crippen LogP contribution in [0.4, 0.5) is 5.69 Å². The minimum atomic E-state index is -4.11. The molecule has 0 spiro atoms. The number of rotatable bonds is 10. The van der Waals surface area contributed by atoms with Gasteiger partial charge in [-0.25, -0.2) is 14.3 Å². The summed E-state index contributed by atoms with van der Waals surface area (Å²) in [5.74, 6) is 1.81. The van der Waals surface area contributed by atoms with Crippen LogP contribution in [0.2, 0.25) is 0 Å². The number of imide groups is 1. The Morgan fingerprint density at radius 2 is 1.43 bits per heavy atom. The lowest BCUT2D eigenvalue weighted by Gasteiger charge is -2.34. The third-order valence-electron chi connectivity index (χ3n) is 7.63. The molecule has 1 saturated heterocycles. The van der Waals surface area contributed by atoms with Gasteiger partial charge >= 0.3 is 5.97 Å². The molecule has 0 aromatic heterocycles. The van der Waals surface area contributed by atoms with Gasteiger partial charge in [0.25, 0.3) is 11.8 Å². The van der Waals surface area contributed by atoms with E-state index < -0.39 is 33.8 Å². The van der Waals surface area contributed by atoms with E-state index in [1.54, 1.807) is 36.4 Å². The number of benzene rings is 3. The summed E-state index contributed by atoms with van der Waals surface area (Å²) in [6, 6.07) is 22.0. The number of carboxylic acid groups (broad SMARTS) is 1. The van der Waals surface area contributed by atoms with E-state index in [-0.39, 0.29) is 24.3 Å². The van der Waals surface area contributed by atoms with Crippen LogP contribution in [0.5, 0.6) is 0 Å². The first-order valence-corrected chi connectivity index (χ1v) is 15.1. The third-order valence-corrected chi connectivity index (χ3v) is 9.11. The molecule has 42 heavy (non-hydrogen) atoms. The molecule has 5 rings (SSSR count). The minimum Gasteiger partial charge on any atom is -0.480 e. The van der Waals surface area contributed by atoms with Crippen LogP contribution in [-0.2, 0) is 14.8 Å². The molecule has 222 valence electrons. The molecule has 0 aliphatic carbocycles. The van der Waals surface area contributed by atoms with Gasteiger partial charge in [-0.05, 0) is 73.6 Å². The zero-order valence-corrected chi connectivity index (χ0v) is 23.7. The number of nitrogens with two attached hydrogens (primary N) is 1. The third kappa shape index (κ3) is 6.85. The number of sulfonamides is 1. The number of amides is 2. The lowest BCUT2D eigenvalue weighted by Crippen LogP contribution is -2.41. The second-order valence-electron chi connectivity index (χ2n) is 10.1. The average Bonchev–Trinajstić information content (AvgIpc) is 3.27. The van der Waals surface area contributed by atoms with E-state index >= 15 is 0 Å². The number of hydrogen-bond donors (Lipinski definition) is 4. The predicted octanol–water partition coefficient (Wildman–Crippen LogP) is 3.21. The number of carboxylic acids is 1. The SMILES string of the molecule is NO.O=C(O)[C@@H](CCCN1C(=O)c2ccccc2C1=O)NS(=O)(=O)c1ccc(N2CCC(c3ccccc3)CC2)cc1. The lowest BCUT2D eigenvalue weighted by atomic mass is 9.89. The fraction of sp³-hybridized carbons (Fsp3) is 0.300. The van der Waals surface area contributed by atoms with E-state index in [4.69, 9.17) is 5.21 Å². The van der Waals surface area contributed by atoms with Crippen molar-refractivity contribution in [1.29, 1.82) is 0 Å². The number of carbonyl (C=O) groups excluding carboxylic acids is 2. The quantitative estimate of drug-likeness (QED) is 0.203. The number of fused-ring (bicyclic) bond motifs is 1. The number of carbonyl (C=O) groups is 3. The van der Waals surface area contributed by atoms with E-state index in [2.05, 4.69) is 39.8 Å². The number of nitrogens with zero attached hydrogens (tertiary/aromatic N) is 2. The van der Waals surface area contributed by atoms with Crippen LogP contribution in [0.3, 0.4) is 0 Å². The molecular formula is C30H34N4O7S. The fourth-order valence-electron chi connectivity index (χ4n) is 5.42. The van der Waals surface area contributed by atoms with Gasteiger partial charge in [-0.2, -0.15) is 4.72 Å². The molecule has 0 bridgehead atoms. The second-order valence-corrected chi connectivity index (χ2v) is 11.8. The largest absolute Gasteiger partial charge is 0.480 e. The number of anilines is 1. The Hall–Kier alpha value is -4.10. The molecule has 2 aliphatic heterocycles. The van der Waals surface area contributed by atoms with E-state index in [1.165, 1.54) is 17.7 Å². The number of aliphatic carboxylic acids is 1. The Labute approximate surface area is 244 Å². The Kier molecular flexibility index (Phi) is 10.1. The first-order valence-electron chi connectivity index (χ1n) is 13.6. The van der Waals surface area contributed by atoms with Crippen molar-refractivity contribution in [3.05, 3.63) is 95.6 Å². The highest BCUT2D eigenvalue weighted by molar-refractivity contribution is 7.89. The smallest absolute Gasteiger partial charge is 0.321 e. The highest BCUT2D eigenvalue weighted by atomic mass is 32.2. The molecule has 11 nitrogen and oxygen atoms in total. The maximum Gasteiger partial charge on any atom is 0.321 e. The number of hydrogen-bond acceptors (Lipinski definition) is 8. The van der Waals surface area contributed by atoms with Crippen molar-refractivity contribution in [2.24, 2.45) is 5.90 Å². The van der Waals surface area contributed by atoms with E-state index in [9.17, 15) is 27.9 Å². The first-order chi connectivity index (χ1) is 20.2. The topological polar surface area (TPSA) is 170 Å². The Balaban J connectivity index is 0.00000198. The summed E-state index contributed by atoms with van der Waals surface area (Å²) in [6.45, 7) is 1.71. The van der Waals surface area contributed by atoms with Gasteiger partial charge in [-0.1, -0.05) is 42.5 Å². The van der Waals surface area contributed by atoms with Crippen molar-refractivity contribution in [1.82, 2.24) is 9.62 Å². The van der Waals surface area contributed by atoms with E-state index in [0.29, 0.717) is 17.0 Å². The first kappa shape index (κ1) is 30.8. The van der Waals surface area contributed by atoms with Crippen LogP contribution in [0, 0.1) is 0 Å².